The van der Waals surface area contributed by atoms with Crippen molar-refractivity contribution in [1.82, 2.24) is 0 Å². The van der Waals surface area contributed by atoms with Gasteiger partial charge in [0.05, 0.1) is 16.3 Å². The van der Waals surface area contributed by atoms with E-state index in [9.17, 15) is 4.79 Å². The maximum Gasteiger partial charge on any atom is 0.323 e. The highest BCUT2D eigenvalue weighted by Crippen LogP contribution is 2.25. The molecule has 0 aromatic heterocycles. The smallest absolute Gasteiger partial charge is 0.323 e. The Kier molecular flexibility index (Phi) is 3.53. The summed E-state index contributed by atoms with van der Waals surface area (Å²) in [6, 6.07) is 6.88. The van der Waals surface area contributed by atoms with Gasteiger partial charge in [-0.1, -0.05) is 17.7 Å². The predicted molar refractivity (Wildman–Crippen MR) is 57.1 cm³/mol. The molecule has 0 bridgehead atoms. The fourth-order valence-electron chi connectivity index (χ4n) is 1.23. The number of anilines is 1. The van der Waals surface area contributed by atoms with Crippen molar-refractivity contribution in [2.75, 3.05) is 18.5 Å². The highest BCUT2D eigenvalue weighted by atomic mass is 35.5. The standard InChI is InChI=1S/C10H9ClN2O2/c1-13(6-10(14)15)9-4-2-3-8(11)7(9)5-12/h2-4H,6H2,1H3,(H,14,15). The second kappa shape index (κ2) is 4.67. The molecule has 4 nitrogen and oxygen atoms in total. The fourth-order valence-corrected chi connectivity index (χ4v) is 1.44. The summed E-state index contributed by atoms with van der Waals surface area (Å²) in [6.45, 7) is -0.172. The Labute approximate surface area is 92.3 Å². The molecule has 0 aliphatic heterocycles. The topological polar surface area (TPSA) is 64.3 Å². The molecule has 0 amide bonds. The highest BCUT2D eigenvalue weighted by Gasteiger charge is 2.12. The van der Waals surface area contributed by atoms with Crippen LogP contribution in [0.2, 0.25) is 5.02 Å². The van der Waals surface area contributed by atoms with Crippen LogP contribution in [-0.2, 0) is 4.79 Å². The Balaban J connectivity index is 3.09. The van der Waals surface area contributed by atoms with Gasteiger partial charge in [0.15, 0.2) is 0 Å². The third-order valence-electron chi connectivity index (χ3n) is 1.89. The molecule has 0 aliphatic carbocycles. The molecular weight excluding hydrogens is 216 g/mol. The summed E-state index contributed by atoms with van der Waals surface area (Å²) in [4.78, 5) is 12.0. The zero-order valence-electron chi connectivity index (χ0n) is 8.07. The molecule has 0 fully saturated rings. The van der Waals surface area contributed by atoms with Crippen molar-refractivity contribution in [3.05, 3.63) is 28.8 Å². The van der Waals surface area contributed by atoms with Gasteiger partial charge in [0, 0.05) is 7.05 Å². The summed E-state index contributed by atoms with van der Waals surface area (Å²) in [6.07, 6.45) is 0. The number of benzene rings is 1. The van der Waals surface area contributed by atoms with Gasteiger partial charge in [0.25, 0.3) is 0 Å². The lowest BCUT2D eigenvalue weighted by Crippen LogP contribution is -2.25. The first-order valence-electron chi connectivity index (χ1n) is 4.17. The lowest BCUT2D eigenvalue weighted by molar-refractivity contribution is -0.135. The number of carboxylic acid groups (broad SMARTS) is 1. The quantitative estimate of drug-likeness (QED) is 0.849. The van der Waals surface area contributed by atoms with Crippen LogP contribution in [0.15, 0.2) is 18.2 Å². The molecule has 0 saturated carbocycles. The second-order valence-corrected chi connectivity index (χ2v) is 3.40. The molecule has 1 aromatic carbocycles. The largest absolute Gasteiger partial charge is 0.480 e. The monoisotopic (exact) mass is 224 g/mol. The number of hydrogen-bond donors (Lipinski definition) is 1. The van der Waals surface area contributed by atoms with E-state index < -0.39 is 5.97 Å². The molecule has 1 N–H and O–H groups in total. The number of carboxylic acids is 1. The fraction of sp³-hybridized carbons (Fsp3) is 0.200. The van der Waals surface area contributed by atoms with E-state index in [0.717, 1.165) is 0 Å². The summed E-state index contributed by atoms with van der Waals surface area (Å²) in [5, 5.41) is 17.8. The van der Waals surface area contributed by atoms with Gasteiger partial charge >= 0.3 is 5.97 Å². The van der Waals surface area contributed by atoms with E-state index in [0.29, 0.717) is 16.3 Å². The van der Waals surface area contributed by atoms with Gasteiger partial charge in [-0.15, -0.1) is 0 Å². The van der Waals surface area contributed by atoms with Gasteiger partial charge in [0.2, 0.25) is 0 Å². The molecule has 1 rings (SSSR count). The van der Waals surface area contributed by atoms with Crippen molar-refractivity contribution in [3.63, 3.8) is 0 Å². The van der Waals surface area contributed by atoms with E-state index in [-0.39, 0.29) is 6.54 Å². The van der Waals surface area contributed by atoms with Crippen molar-refractivity contribution in [2.24, 2.45) is 0 Å². The van der Waals surface area contributed by atoms with Crippen LogP contribution in [0.1, 0.15) is 5.56 Å². The number of nitriles is 1. The van der Waals surface area contributed by atoms with E-state index in [1.165, 1.54) is 4.90 Å². The van der Waals surface area contributed by atoms with E-state index in [4.69, 9.17) is 22.0 Å². The predicted octanol–water partition coefficient (Wildman–Crippen LogP) is 1.73. The molecule has 0 radical (unpaired) electrons. The molecule has 1 aromatic rings. The molecule has 0 atom stereocenters. The lowest BCUT2D eigenvalue weighted by Gasteiger charge is -2.18. The zero-order valence-corrected chi connectivity index (χ0v) is 8.82. The van der Waals surface area contributed by atoms with Gasteiger partial charge < -0.3 is 10.0 Å². The molecule has 78 valence electrons. The minimum atomic E-state index is -0.957. The van der Waals surface area contributed by atoms with Gasteiger partial charge in [-0.3, -0.25) is 4.79 Å². The number of likely N-dealkylation sites (N-methyl/N-ethyl adjacent to an activating group) is 1. The van der Waals surface area contributed by atoms with Gasteiger partial charge in [-0.25, -0.2) is 0 Å². The van der Waals surface area contributed by atoms with E-state index in [2.05, 4.69) is 0 Å². The van der Waals surface area contributed by atoms with Crippen LogP contribution in [0.5, 0.6) is 0 Å². The Hall–Kier alpha value is -1.73. The molecule has 0 unspecified atom stereocenters. The molecule has 0 saturated heterocycles. The molecule has 0 heterocycles. The zero-order chi connectivity index (χ0) is 11.4. The summed E-state index contributed by atoms with van der Waals surface area (Å²) in [7, 11) is 1.60. The van der Waals surface area contributed by atoms with Crippen molar-refractivity contribution >= 4 is 23.3 Å². The first-order valence-corrected chi connectivity index (χ1v) is 4.55. The van der Waals surface area contributed by atoms with E-state index in [1.807, 2.05) is 6.07 Å². The maximum atomic E-state index is 10.5. The number of nitrogens with zero attached hydrogens (tertiary/aromatic N) is 2. The van der Waals surface area contributed by atoms with Crippen LogP contribution in [-0.4, -0.2) is 24.7 Å². The Morgan fingerprint density at radius 1 is 1.67 bits per heavy atom. The maximum absolute atomic E-state index is 10.5. The van der Waals surface area contributed by atoms with Crippen molar-refractivity contribution < 1.29 is 9.90 Å². The number of aliphatic carboxylic acids is 1. The summed E-state index contributed by atoms with van der Waals surface area (Å²) < 4.78 is 0. The molecule has 0 aliphatic rings. The van der Waals surface area contributed by atoms with Gasteiger partial charge in [0.1, 0.15) is 12.6 Å². The highest BCUT2D eigenvalue weighted by molar-refractivity contribution is 6.32. The summed E-state index contributed by atoms with van der Waals surface area (Å²) >= 11 is 5.81. The number of halogens is 1. The summed E-state index contributed by atoms with van der Waals surface area (Å²) in [5.41, 5.74) is 0.815. The second-order valence-electron chi connectivity index (χ2n) is 3.00. The Bertz CT molecular complexity index is 426. The van der Waals surface area contributed by atoms with Gasteiger partial charge in [-0.05, 0) is 12.1 Å². The SMILES string of the molecule is CN(CC(=O)O)c1cccc(Cl)c1C#N. The third-order valence-corrected chi connectivity index (χ3v) is 2.20. The minimum absolute atomic E-state index is 0.172. The Morgan fingerprint density at radius 3 is 2.87 bits per heavy atom. The van der Waals surface area contributed by atoms with Crippen LogP contribution >= 0.6 is 11.6 Å². The number of hydrogen-bond acceptors (Lipinski definition) is 3. The molecule has 5 heteroatoms. The minimum Gasteiger partial charge on any atom is -0.480 e. The van der Waals surface area contributed by atoms with Crippen LogP contribution < -0.4 is 4.90 Å². The lowest BCUT2D eigenvalue weighted by atomic mass is 10.2. The van der Waals surface area contributed by atoms with Crippen molar-refractivity contribution in [2.45, 2.75) is 0 Å². The van der Waals surface area contributed by atoms with Crippen LogP contribution in [0.4, 0.5) is 5.69 Å². The average Bonchev–Trinajstić information content (AvgIpc) is 2.16. The number of rotatable bonds is 3. The molecule has 15 heavy (non-hydrogen) atoms. The molecule has 0 spiro atoms. The first-order chi connectivity index (χ1) is 7.06. The molecular formula is C10H9ClN2O2. The first kappa shape index (κ1) is 11.3. The van der Waals surface area contributed by atoms with Crippen LogP contribution in [0.3, 0.4) is 0 Å². The third kappa shape index (κ3) is 2.61. The normalized spacial score (nSPS) is 9.40. The van der Waals surface area contributed by atoms with Crippen LogP contribution in [0, 0.1) is 11.3 Å². The Morgan fingerprint density at radius 2 is 2.33 bits per heavy atom. The van der Waals surface area contributed by atoms with E-state index in [1.54, 1.807) is 25.2 Å². The average molecular weight is 225 g/mol. The van der Waals surface area contributed by atoms with Crippen molar-refractivity contribution in [3.8, 4) is 6.07 Å². The number of carbonyl (C=O) groups is 1. The van der Waals surface area contributed by atoms with Gasteiger partial charge in [-0.2, -0.15) is 5.26 Å². The summed E-state index contributed by atoms with van der Waals surface area (Å²) in [5.74, 6) is -0.957. The van der Waals surface area contributed by atoms with E-state index >= 15 is 0 Å². The van der Waals surface area contributed by atoms with Crippen molar-refractivity contribution in [1.29, 1.82) is 5.26 Å². The van der Waals surface area contributed by atoms with Crippen LogP contribution in [0.25, 0.3) is 0 Å².